The van der Waals surface area contributed by atoms with E-state index in [2.05, 4.69) is 16.0 Å². The Balaban J connectivity index is 1.98. The summed E-state index contributed by atoms with van der Waals surface area (Å²) in [6.07, 6.45) is 0. The van der Waals surface area contributed by atoms with Crippen molar-refractivity contribution in [2.45, 2.75) is 6.92 Å². The van der Waals surface area contributed by atoms with Crippen LogP contribution in [0.25, 0.3) is 0 Å². The van der Waals surface area contributed by atoms with Gasteiger partial charge in [-0.05, 0) is 38.2 Å². The van der Waals surface area contributed by atoms with Gasteiger partial charge in [0.15, 0.2) is 0 Å². The fraction of sp³-hybridized carbons (Fsp3) is 0.353. The summed E-state index contributed by atoms with van der Waals surface area (Å²) in [5.74, 6) is -0.720. The van der Waals surface area contributed by atoms with Gasteiger partial charge in [0.05, 0.1) is 25.3 Å². The Kier molecular flexibility index (Phi) is 6.99. The van der Waals surface area contributed by atoms with Crippen molar-refractivity contribution in [3.63, 3.8) is 0 Å². The summed E-state index contributed by atoms with van der Waals surface area (Å²) in [5, 5.41) is 8.48. The lowest BCUT2D eigenvalue weighted by Gasteiger charge is -2.25. The zero-order chi connectivity index (χ0) is 19.1. The van der Waals surface area contributed by atoms with Crippen LogP contribution in [0, 0.1) is 0 Å². The van der Waals surface area contributed by atoms with E-state index in [0.29, 0.717) is 22.0 Å². The van der Waals surface area contributed by atoms with Crippen molar-refractivity contribution in [1.82, 2.24) is 15.5 Å². The van der Waals surface area contributed by atoms with Crippen LogP contribution >= 0.6 is 11.6 Å². The highest BCUT2D eigenvalue weighted by molar-refractivity contribution is 6.30. The molecule has 1 aliphatic heterocycles. The van der Waals surface area contributed by atoms with Crippen LogP contribution in [0.15, 0.2) is 35.5 Å². The highest BCUT2D eigenvalue weighted by atomic mass is 35.5. The number of amides is 3. The number of hydrogen-bond donors (Lipinski definition) is 3. The first kappa shape index (κ1) is 19.7. The standard InChI is InChI=1S/C17H21ClN4O4/c1-3-26-16(24)13-8-19-17(25)21-14(13)9-22(2)10-15(23)20-12-6-4-11(18)5-7-12/h4-7H,3,8-10H2,1-2H3,(H,20,23)(H2,19,21,25). The highest BCUT2D eigenvalue weighted by Gasteiger charge is 2.24. The molecular formula is C17H21ClN4O4. The normalized spacial score (nSPS) is 13.9. The van der Waals surface area contributed by atoms with Crippen molar-refractivity contribution < 1.29 is 19.1 Å². The van der Waals surface area contributed by atoms with Crippen LogP contribution in [-0.4, -0.2) is 56.1 Å². The van der Waals surface area contributed by atoms with E-state index in [0.717, 1.165) is 0 Å². The van der Waals surface area contributed by atoms with Crippen molar-refractivity contribution in [2.24, 2.45) is 0 Å². The molecule has 9 heteroatoms. The van der Waals surface area contributed by atoms with E-state index >= 15 is 0 Å². The molecule has 8 nitrogen and oxygen atoms in total. The molecule has 1 heterocycles. The average molecular weight is 381 g/mol. The molecule has 2 rings (SSSR count). The summed E-state index contributed by atoms with van der Waals surface area (Å²) < 4.78 is 5.00. The van der Waals surface area contributed by atoms with E-state index in [1.165, 1.54) is 0 Å². The van der Waals surface area contributed by atoms with E-state index in [-0.39, 0.29) is 32.1 Å². The molecule has 1 aromatic carbocycles. The second-order valence-corrected chi connectivity index (χ2v) is 6.15. The Morgan fingerprint density at radius 2 is 2.00 bits per heavy atom. The molecule has 0 spiro atoms. The third-order valence-corrected chi connectivity index (χ3v) is 3.80. The zero-order valence-corrected chi connectivity index (χ0v) is 15.4. The number of nitrogens with one attached hydrogen (secondary N) is 3. The van der Waals surface area contributed by atoms with Gasteiger partial charge < -0.3 is 20.7 Å². The van der Waals surface area contributed by atoms with E-state index in [1.807, 2.05) is 0 Å². The number of benzene rings is 1. The van der Waals surface area contributed by atoms with Crippen LogP contribution in [-0.2, 0) is 14.3 Å². The van der Waals surface area contributed by atoms with Crippen LogP contribution in [0.5, 0.6) is 0 Å². The topological polar surface area (TPSA) is 99.8 Å². The molecule has 3 amide bonds. The van der Waals surface area contributed by atoms with Gasteiger partial charge >= 0.3 is 12.0 Å². The molecule has 0 aliphatic carbocycles. The highest BCUT2D eigenvalue weighted by Crippen LogP contribution is 2.13. The van der Waals surface area contributed by atoms with E-state index in [4.69, 9.17) is 16.3 Å². The van der Waals surface area contributed by atoms with Gasteiger partial charge in [-0.3, -0.25) is 9.69 Å². The molecule has 0 saturated heterocycles. The van der Waals surface area contributed by atoms with E-state index in [9.17, 15) is 14.4 Å². The molecule has 0 radical (unpaired) electrons. The summed E-state index contributed by atoms with van der Waals surface area (Å²) >= 11 is 5.81. The van der Waals surface area contributed by atoms with Crippen molar-refractivity contribution in [3.05, 3.63) is 40.6 Å². The molecule has 140 valence electrons. The maximum atomic E-state index is 12.1. The van der Waals surface area contributed by atoms with Crippen molar-refractivity contribution in [3.8, 4) is 0 Å². The summed E-state index contributed by atoms with van der Waals surface area (Å²) in [5.41, 5.74) is 1.40. The van der Waals surface area contributed by atoms with Gasteiger partial charge in [0.25, 0.3) is 0 Å². The second kappa shape index (κ2) is 9.21. The monoisotopic (exact) mass is 380 g/mol. The SMILES string of the molecule is CCOC(=O)C1=C(CN(C)CC(=O)Nc2ccc(Cl)cc2)NC(=O)NC1. The molecule has 0 aromatic heterocycles. The summed E-state index contributed by atoms with van der Waals surface area (Å²) in [6, 6.07) is 6.37. The van der Waals surface area contributed by atoms with Gasteiger partial charge in [0.2, 0.25) is 5.91 Å². The van der Waals surface area contributed by atoms with Crippen molar-refractivity contribution in [1.29, 1.82) is 0 Å². The third kappa shape index (κ3) is 5.75. The fourth-order valence-corrected chi connectivity index (χ4v) is 2.51. The lowest BCUT2D eigenvalue weighted by Crippen LogP contribution is -2.47. The third-order valence-electron chi connectivity index (χ3n) is 3.55. The zero-order valence-electron chi connectivity index (χ0n) is 14.6. The quantitative estimate of drug-likeness (QED) is 0.620. The number of hydrogen-bond acceptors (Lipinski definition) is 5. The lowest BCUT2D eigenvalue weighted by atomic mass is 10.1. The Morgan fingerprint density at radius 3 is 2.65 bits per heavy atom. The summed E-state index contributed by atoms with van der Waals surface area (Å²) in [6.45, 7) is 2.33. The fourth-order valence-electron chi connectivity index (χ4n) is 2.39. The maximum absolute atomic E-state index is 12.1. The van der Waals surface area contributed by atoms with Crippen LogP contribution in [0.2, 0.25) is 5.02 Å². The molecule has 0 fully saturated rings. The first-order chi connectivity index (χ1) is 12.4. The molecule has 1 aromatic rings. The summed E-state index contributed by atoms with van der Waals surface area (Å²) in [4.78, 5) is 37.4. The number of halogens is 1. The Hall–Kier alpha value is -2.58. The number of carbonyl (C=O) groups excluding carboxylic acids is 3. The number of ether oxygens (including phenoxy) is 1. The van der Waals surface area contributed by atoms with Gasteiger partial charge in [-0.2, -0.15) is 0 Å². The molecule has 26 heavy (non-hydrogen) atoms. The van der Waals surface area contributed by atoms with E-state index in [1.54, 1.807) is 43.1 Å². The summed E-state index contributed by atoms with van der Waals surface area (Å²) in [7, 11) is 1.71. The minimum atomic E-state index is -0.492. The predicted molar refractivity (Wildman–Crippen MR) is 97.8 cm³/mol. The van der Waals surface area contributed by atoms with Gasteiger partial charge in [-0.25, -0.2) is 9.59 Å². The Bertz CT molecular complexity index is 718. The first-order valence-corrected chi connectivity index (χ1v) is 8.44. The van der Waals surface area contributed by atoms with Crippen LogP contribution in [0.1, 0.15) is 6.92 Å². The van der Waals surface area contributed by atoms with Crippen molar-refractivity contribution >= 4 is 35.2 Å². The van der Waals surface area contributed by atoms with Gasteiger partial charge in [0, 0.05) is 23.0 Å². The molecular weight excluding hydrogens is 360 g/mol. The molecule has 0 unspecified atom stereocenters. The van der Waals surface area contributed by atoms with Gasteiger partial charge in [-0.15, -0.1) is 0 Å². The molecule has 3 N–H and O–H groups in total. The number of urea groups is 1. The van der Waals surface area contributed by atoms with Crippen LogP contribution in [0.4, 0.5) is 10.5 Å². The first-order valence-electron chi connectivity index (χ1n) is 8.07. The van der Waals surface area contributed by atoms with Gasteiger partial charge in [0.1, 0.15) is 0 Å². The smallest absolute Gasteiger partial charge is 0.337 e. The lowest BCUT2D eigenvalue weighted by molar-refractivity contribution is -0.138. The van der Waals surface area contributed by atoms with Crippen LogP contribution in [0.3, 0.4) is 0 Å². The minimum Gasteiger partial charge on any atom is -0.463 e. The Labute approximate surface area is 156 Å². The number of nitrogens with zero attached hydrogens (tertiary/aromatic N) is 1. The average Bonchev–Trinajstić information content (AvgIpc) is 2.57. The predicted octanol–water partition coefficient (Wildman–Crippen LogP) is 1.34. The number of carbonyl (C=O) groups is 3. The largest absolute Gasteiger partial charge is 0.463 e. The molecule has 0 bridgehead atoms. The number of esters is 1. The Morgan fingerprint density at radius 1 is 1.31 bits per heavy atom. The number of anilines is 1. The van der Waals surface area contributed by atoms with Crippen molar-refractivity contribution in [2.75, 3.05) is 38.6 Å². The maximum Gasteiger partial charge on any atom is 0.337 e. The second-order valence-electron chi connectivity index (χ2n) is 5.71. The molecule has 1 aliphatic rings. The van der Waals surface area contributed by atoms with Crippen LogP contribution < -0.4 is 16.0 Å². The molecule has 0 atom stereocenters. The number of rotatable bonds is 7. The van der Waals surface area contributed by atoms with E-state index < -0.39 is 12.0 Å². The minimum absolute atomic E-state index is 0.0749. The number of likely N-dealkylation sites (N-methyl/N-ethyl adjacent to an activating group) is 1. The van der Waals surface area contributed by atoms with Gasteiger partial charge in [-0.1, -0.05) is 11.6 Å². The molecule has 0 saturated carbocycles.